The second kappa shape index (κ2) is 4.45. The van der Waals surface area contributed by atoms with Crippen molar-refractivity contribution in [2.24, 2.45) is 0 Å². The van der Waals surface area contributed by atoms with Crippen molar-refractivity contribution in [3.8, 4) is 0 Å². The minimum atomic E-state index is -0.241. The number of carbonyl (C=O) groups excluding carboxylic acids is 1. The molecule has 1 amide bonds. The fourth-order valence-electron chi connectivity index (χ4n) is 2.18. The Kier molecular flexibility index (Phi) is 2.86. The summed E-state index contributed by atoms with van der Waals surface area (Å²) in [7, 11) is 3.32. The average molecular weight is 290 g/mol. The maximum Gasteiger partial charge on any atom is 0.291 e. The van der Waals surface area contributed by atoms with E-state index in [1.807, 2.05) is 28.8 Å². The Morgan fingerprint density at radius 2 is 2.20 bits per heavy atom. The summed E-state index contributed by atoms with van der Waals surface area (Å²) in [6.07, 6.45) is 0. The van der Waals surface area contributed by atoms with Gasteiger partial charge in [-0.1, -0.05) is 0 Å². The van der Waals surface area contributed by atoms with E-state index in [1.54, 1.807) is 25.4 Å². The summed E-state index contributed by atoms with van der Waals surface area (Å²) in [5.41, 5.74) is 0.320. The number of amides is 1. The molecule has 3 aromatic heterocycles. The van der Waals surface area contributed by atoms with Gasteiger partial charge < -0.3 is 4.90 Å². The number of likely N-dealkylation sites (N-methyl/N-ethyl adjacent to an activating group) is 1. The molecule has 7 heteroatoms. The average Bonchev–Trinajstić information content (AvgIpc) is 2.94. The van der Waals surface area contributed by atoms with Crippen molar-refractivity contribution in [1.82, 2.24) is 19.1 Å². The molecule has 3 rings (SSSR count). The molecule has 0 bridgehead atoms. The van der Waals surface area contributed by atoms with Gasteiger partial charge in [0.25, 0.3) is 5.56 Å². The second-order valence-corrected chi connectivity index (χ2v) is 5.74. The molecule has 0 radical (unpaired) electrons. The number of nitrogens with zero attached hydrogens (tertiary/aromatic N) is 4. The highest BCUT2D eigenvalue weighted by atomic mass is 32.1. The van der Waals surface area contributed by atoms with Gasteiger partial charge in [-0.3, -0.25) is 14.0 Å². The highest BCUT2D eigenvalue weighted by molar-refractivity contribution is 7.16. The van der Waals surface area contributed by atoms with Crippen LogP contribution in [0.5, 0.6) is 0 Å². The summed E-state index contributed by atoms with van der Waals surface area (Å²) >= 11 is 1.57. The number of hydrogen-bond donors (Lipinski definition) is 0. The molecule has 0 aliphatic rings. The van der Waals surface area contributed by atoms with E-state index >= 15 is 0 Å². The minimum Gasteiger partial charge on any atom is -0.347 e. The van der Waals surface area contributed by atoms with Gasteiger partial charge in [-0.2, -0.15) is 5.10 Å². The summed E-state index contributed by atoms with van der Waals surface area (Å²) < 4.78 is 3.08. The molecule has 0 unspecified atom stereocenters. The van der Waals surface area contributed by atoms with Crippen LogP contribution in [0, 0.1) is 6.92 Å². The lowest BCUT2D eigenvalue weighted by molar-refractivity contribution is -0.129. The molecule has 0 saturated heterocycles. The van der Waals surface area contributed by atoms with Crippen molar-refractivity contribution in [1.29, 1.82) is 0 Å². The van der Waals surface area contributed by atoms with Crippen LogP contribution in [0.15, 0.2) is 22.3 Å². The first-order chi connectivity index (χ1) is 9.49. The van der Waals surface area contributed by atoms with Gasteiger partial charge in [0.1, 0.15) is 22.7 Å². The third kappa shape index (κ3) is 1.82. The number of hydrogen-bond acceptors (Lipinski definition) is 4. The standard InChI is InChI=1S/C13H14N4O2S/c1-8-14-16(7-11(18)15(2)3)12(19)10-6-9-4-5-20-13(9)17(8)10/h4-6H,7H2,1-3H3. The van der Waals surface area contributed by atoms with Gasteiger partial charge in [-0.15, -0.1) is 11.3 Å². The molecule has 0 aliphatic carbocycles. The van der Waals surface area contributed by atoms with Crippen LogP contribution in [0.1, 0.15) is 5.82 Å². The Bertz CT molecular complexity index is 872. The van der Waals surface area contributed by atoms with Crippen LogP contribution in [0.25, 0.3) is 15.7 Å². The molecule has 104 valence electrons. The highest BCUT2D eigenvalue weighted by Gasteiger charge is 2.15. The molecule has 0 aromatic carbocycles. The fraction of sp³-hybridized carbons (Fsp3) is 0.308. The lowest BCUT2D eigenvalue weighted by Gasteiger charge is -2.12. The van der Waals surface area contributed by atoms with E-state index < -0.39 is 0 Å². The smallest absolute Gasteiger partial charge is 0.291 e. The van der Waals surface area contributed by atoms with Gasteiger partial charge in [0.2, 0.25) is 5.91 Å². The predicted molar refractivity (Wildman–Crippen MR) is 78.3 cm³/mol. The van der Waals surface area contributed by atoms with E-state index in [-0.39, 0.29) is 18.0 Å². The molecule has 3 heterocycles. The SMILES string of the molecule is Cc1nn(CC(=O)N(C)C)c(=O)c2cc3ccsc3n12. The number of aryl methyl sites for hydroxylation is 1. The van der Waals surface area contributed by atoms with Gasteiger partial charge in [0.05, 0.1) is 0 Å². The van der Waals surface area contributed by atoms with E-state index in [9.17, 15) is 9.59 Å². The normalized spacial score (nSPS) is 11.3. The summed E-state index contributed by atoms with van der Waals surface area (Å²) in [6.45, 7) is 1.80. The molecule has 0 N–H and O–H groups in total. The van der Waals surface area contributed by atoms with Crippen molar-refractivity contribution in [2.45, 2.75) is 13.5 Å². The maximum atomic E-state index is 12.4. The van der Waals surface area contributed by atoms with E-state index in [0.29, 0.717) is 11.3 Å². The zero-order chi connectivity index (χ0) is 14.4. The molecule has 0 saturated carbocycles. The van der Waals surface area contributed by atoms with Crippen molar-refractivity contribution >= 4 is 33.0 Å². The molecule has 0 atom stereocenters. The molecule has 0 aliphatic heterocycles. The third-order valence-corrected chi connectivity index (χ3v) is 4.15. The lowest BCUT2D eigenvalue weighted by atomic mass is 10.4. The summed E-state index contributed by atoms with van der Waals surface area (Å²) in [5.74, 6) is 0.542. The monoisotopic (exact) mass is 290 g/mol. The van der Waals surface area contributed by atoms with E-state index in [2.05, 4.69) is 5.10 Å². The van der Waals surface area contributed by atoms with Crippen molar-refractivity contribution in [3.63, 3.8) is 0 Å². The van der Waals surface area contributed by atoms with Crippen molar-refractivity contribution in [3.05, 3.63) is 33.7 Å². The molecular weight excluding hydrogens is 276 g/mol. The Balaban J connectivity index is 2.23. The number of aromatic nitrogens is 3. The van der Waals surface area contributed by atoms with Crippen LogP contribution in [0.4, 0.5) is 0 Å². The van der Waals surface area contributed by atoms with E-state index in [1.165, 1.54) is 9.58 Å². The highest BCUT2D eigenvalue weighted by Crippen LogP contribution is 2.24. The van der Waals surface area contributed by atoms with Crippen LogP contribution >= 0.6 is 11.3 Å². The molecular formula is C13H14N4O2S. The Hall–Kier alpha value is -2.15. The third-order valence-electron chi connectivity index (χ3n) is 3.24. The van der Waals surface area contributed by atoms with Crippen LogP contribution in [-0.2, 0) is 11.3 Å². The van der Waals surface area contributed by atoms with Crippen molar-refractivity contribution < 1.29 is 4.79 Å². The van der Waals surface area contributed by atoms with Gasteiger partial charge in [-0.05, 0) is 24.4 Å². The summed E-state index contributed by atoms with van der Waals surface area (Å²) in [5, 5.41) is 7.26. The topological polar surface area (TPSA) is 59.6 Å². The van der Waals surface area contributed by atoms with E-state index in [4.69, 9.17) is 0 Å². The Morgan fingerprint density at radius 3 is 2.90 bits per heavy atom. The molecule has 3 aromatic rings. The van der Waals surface area contributed by atoms with E-state index in [0.717, 1.165) is 10.2 Å². The summed E-state index contributed by atoms with van der Waals surface area (Å²) in [6, 6.07) is 3.82. The van der Waals surface area contributed by atoms with Gasteiger partial charge in [0, 0.05) is 19.5 Å². The number of fused-ring (bicyclic) bond motifs is 3. The van der Waals surface area contributed by atoms with Crippen LogP contribution in [0.2, 0.25) is 0 Å². The van der Waals surface area contributed by atoms with Crippen LogP contribution in [0.3, 0.4) is 0 Å². The largest absolute Gasteiger partial charge is 0.347 e. The summed E-state index contributed by atoms with van der Waals surface area (Å²) in [4.78, 5) is 26.6. The fourth-order valence-corrected chi connectivity index (χ4v) is 3.12. The van der Waals surface area contributed by atoms with Crippen LogP contribution < -0.4 is 5.56 Å². The van der Waals surface area contributed by atoms with Crippen LogP contribution in [-0.4, -0.2) is 39.1 Å². The maximum absolute atomic E-state index is 12.4. The zero-order valence-corrected chi connectivity index (χ0v) is 12.3. The number of carbonyl (C=O) groups is 1. The Morgan fingerprint density at radius 1 is 1.45 bits per heavy atom. The first kappa shape index (κ1) is 12.9. The van der Waals surface area contributed by atoms with Crippen molar-refractivity contribution in [2.75, 3.05) is 14.1 Å². The number of thiophene rings is 1. The van der Waals surface area contributed by atoms with Gasteiger partial charge >= 0.3 is 0 Å². The first-order valence-electron chi connectivity index (χ1n) is 6.15. The van der Waals surface area contributed by atoms with Gasteiger partial charge in [-0.25, -0.2) is 4.68 Å². The molecule has 20 heavy (non-hydrogen) atoms. The lowest BCUT2D eigenvalue weighted by Crippen LogP contribution is -2.34. The van der Waals surface area contributed by atoms with Gasteiger partial charge in [0.15, 0.2) is 0 Å². The molecule has 6 nitrogen and oxygen atoms in total. The molecule has 0 fully saturated rings. The number of rotatable bonds is 2. The Labute approximate surface area is 118 Å². The molecule has 0 spiro atoms. The zero-order valence-electron chi connectivity index (χ0n) is 11.5. The second-order valence-electron chi connectivity index (χ2n) is 4.84. The minimum absolute atomic E-state index is 0.0397. The predicted octanol–water partition coefficient (Wildman–Crippen LogP) is 1.11. The first-order valence-corrected chi connectivity index (χ1v) is 7.03. The quantitative estimate of drug-likeness (QED) is 0.710.